The van der Waals surface area contributed by atoms with E-state index in [0.717, 1.165) is 33.3 Å². The standard InChI is InChI=1S/C20H20N4O/c1-13-7-8-16-14(9-13)10-15(20(25)23-16)11-24(2)12-19-21-17-5-3-4-6-18(17)22-19/h3-10H,11-12H2,1-2H3,(H,21,22)(H,23,25). The molecule has 0 saturated carbocycles. The largest absolute Gasteiger partial charge is 0.341 e. The van der Waals surface area contributed by atoms with Crippen LogP contribution in [0.3, 0.4) is 0 Å². The molecule has 0 aliphatic heterocycles. The third-order valence-electron chi connectivity index (χ3n) is 4.38. The topological polar surface area (TPSA) is 64.8 Å². The van der Waals surface area contributed by atoms with Gasteiger partial charge >= 0.3 is 0 Å². The van der Waals surface area contributed by atoms with E-state index in [1.165, 1.54) is 5.56 Å². The summed E-state index contributed by atoms with van der Waals surface area (Å²) in [4.78, 5) is 25.3. The molecule has 2 aromatic carbocycles. The average Bonchev–Trinajstić information content (AvgIpc) is 2.98. The van der Waals surface area contributed by atoms with Gasteiger partial charge in [0.05, 0.1) is 17.6 Å². The van der Waals surface area contributed by atoms with Crippen LogP contribution in [0.15, 0.2) is 53.3 Å². The maximum Gasteiger partial charge on any atom is 0.252 e. The second-order valence-electron chi connectivity index (χ2n) is 6.59. The van der Waals surface area contributed by atoms with Crippen LogP contribution >= 0.6 is 0 Å². The summed E-state index contributed by atoms with van der Waals surface area (Å²) in [6.45, 7) is 3.27. The molecule has 2 N–H and O–H groups in total. The van der Waals surface area contributed by atoms with Crippen LogP contribution in [0.1, 0.15) is 17.0 Å². The molecule has 0 aliphatic carbocycles. The van der Waals surface area contributed by atoms with E-state index in [1.807, 2.05) is 49.5 Å². The van der Waals surface area contributed by atoms with Gasteiger partial charge in [0.15, 0.2) is 0 Å². The highest BCUT2D eigenvalue weighted by molar-refractivity contribution is 5.79. The van der Waals surface area contributed by atoms with Crippen LogP contribution in [0.4, 0.5) is 0 Å². The van der Waals surface area contributed by atoms with E-state index in [9.17, 15) is 4.79 Å². The lowest BCUT2D eigenvalue weighted by Gasteiger charge is -2.15. The average molecular weight is 332 g/mol. The molecule has 2 heterocycles. The van der Waals surface area contributed by atoms with Gasteiger partial charge in [-0.2, -0.15) is 0 Å². The minimum atomic E-state index is -0.0344. The Hall–Kier alpha value is -2.92. The molecular formula is C20H20N4O. The van der Waals surface area contributed by atoms with Crippen LogP contribution in [0, 0.1) is 6.92 Å². The van der Waals surface area contributed by atoms with Gasteiger partial charge in [-0.15, -0.1) is 0 Å². The van der Waals surface area contributed by atoms with Crippen molar-refractivity contribution in [1.82, 2.24) is 19.9 Å². The van der Waals surface area contributed by atoms with Crippen molar-refractivity contribution in [3.05, 3.63) is 75.8 Å². The van der Waals surface area contributed by atoms with E-state index in [1.54, 1.807) is 0 Å². The molecule has 4 aromatic rings. The van der Waals surface area contributed by atoms with E-state index in [0.29, 0.717) is 13.1 Å². The predicted molar refractivity (Wildman–Crippen MR) is 101 cm³/mol. The Morgan fingerprint density at radius 1 is 1.00 bits per heavy atom. The molecule has 25 heavy (non-hydrogen) atoms. The number of nitrogens with zero attached hydrogens (tertiary/aromatic N) is 2. The zero-order valence-corrected chi connectivity index (χ0v) is 14.3. The molecule has 0 spiro atoms. The third-order valence-corrected chi connectivity index (χ3v) is 4.38. The van der Waals surface area contributed by atoms with Gasteiger partial charge in [-0.1, -0.05) is 23.8 Å². The number of aryl methyl sites for hydroxylation is 1. The molecule has 0 bridgehead atoms. The van der Waals surface area contributed by atoms with E-state index in [2.05, 4.69) is 32.8 Å². The number of H-pyrrole nitrogens is 2. The minimum absolute atomic E-state index is 0.0344. The summed E-state index contributed by atoms with van der Waals surface area (Å²) in [5.74, 6) is 0.900. The number of pyridine rings is 1. The number of imidazole rings is 1. The van der Waals surface area contributed by atoms with Gasteiger partial charge in [-0.3, -0.25) is 9.69 Å². The maximum absolute atomic E-state index is 12.3. The SMILES string of the molecule is Cc1ccc2[nH]c(=O)c(CN(C)Cc3nc4ccccc4[nH]3)cc2c1. The number of fused-ring (bicyclic) bond motifs is 2. The van der Waals surface area contributed by atoms with Gasteiger partial charge < -0.3 is 9.97 Å². The number of nitrogens with one attached hydrogen (secondary N) is 2. The van der Waals surface area contributed by atoms with Gasteiger partial charge in [-0.25, -0.2) is 4.98 Å². The maximum atomic E-state index is 12.3. The molecule has 2 aromatic heterocycles. The quantitative estimate of drug-likeness (QED) is 0.602. The van der Waals surface area contributed by atoms with Gasteiger partial charge in [0.1, 0.15) is 5.82 Å². The van der Waals surface area contributed by atoms with E-state index in [-0.39, 0.29) is 5.56 Å². The number of rotatable bonds is 4. The molecule has 4 rings (SSSR count). The number of benzene rings is 2. The van der Waals surface area contributed by atoms with Gasteiger partial charge in [0.2, 0.25) is 0 Å². The monoisotopic (exact) mass is 332 g/mol. The molecule has 5 heteroatoms. The molecule has 0 unspecified atom stereocenters. The molecule has 0 radical (unpaired) electrons. The summed E-state index contributed by atoms with van der Waals surface area (Å²) in [5.41, 5.74) is 4.78. The zero-order chi connectivity index (χ0) is 17.4. The molecule has 126 valence electrons. The van der Waals surface area contributed by atoms with Crippen molar-refractivity contribution in [1.29, 1.82) is 0 Å². The summed E-state index contributed by atoms with van der Waals surface area (Å²) in [7, 11) is 1.99. The van der Waals surface area contributed by atoms with Crippen LogP contribution in [-0.4, -0.2) is 26.9 Å². The van der Waals surface area contributed by atoms with Gasteiger partial charge in [-0.05, 0) is 49.7 Å². The summed E-state index contributed by atoms with van der Waals surface area (Å²) < 4.78 is 0. The zero-order valence-electron chi connectivity index (χ0n) is 14.3. The summed E-state index contributed by atoms with van der Waals surface area (Å²) in [5, 5.41) is 1.06. The molecule has 0 aliphatic rings. The Bertz CT molecular complexity index is 1080. The van der Waals surface area contributed by atoms with Crippen molar-refractivity contribution < 1.29 is 0 Å². The summed E-state index contributed by atoms with van der Waals surface area (Å²) in [6.07, 6.45) is 0. The smallest absolute Gasteiger partial charge is 0.252 e. The molecule has 0 saturated heterocycles. The van der Waals surface area contributed by atoms with Crippen LogP contribution in [0.2, 0.25) is 0 Å². The summed E-state index contributed by atoms with van der Waals surface area (Å²) >= 11 is 0. The molecule has 0 fully saturated rings. The number of para-hydroxylation sites is 2. The highest BCUT2D eigenvalue weighted by atomic mass is 16.1. The number of aromatic nitrogens is 3. The lowest BCUT2D eigenvalue weighted by atomic mass is 10.1. The molecule has 0 amide bonds. The van der Waals surface area contributed by atoms with Gasteiger partial charge in [0, 0.05) is 17.6 Å². The van der Waals surface area contributed by atoms with E-state index in [4.69, 9.17) is 0 Å². The first-order valence-corrected chi connectivity index (χ1v) is 8.33. The minimum Gasteiger partial charge on any atom is -0.341 e. The van der Waals surface area contributed by atoms with Crippen molar-refractivity contribution in [2.75, 3.05) is 7.05 Å². The first-order chi connectivity index (χ1) is 12.1. The first-order valence-electron chi connectivity index (χ1n) is 8.33. The predicted octanol–water partition coefficient (Wildman–Crippen LogP) is 3.34. The second kappa shape index (κ2) is 6.18. The van der Waals surface area contributed by atoms with Crippen molar-refractivity contribution in [2.45, 2.75) is 20.0 Å². The van der Waals surface area contributed by atoms with Crippen molar-refractivity contribution in [2.24, 2.45) is 0 Å². The van der Waals surface area contributed by atoms with Gasteiger partial charge in [0.25, 0.3) is 5.56 Å². The highest BCUT2D eigenvalue weighted by Gasteiger charge is 2.09. The Morgan fingerprint density at radius 2 is 1.84 bits per heavy atom. The van der Waals surface area contributed by atoms with Crippen LogP contribution in [0.5, 0.6) is 0 Å². The lowest BCUT2D eigenvalue weighted by molar-refractivity contribution is 0.311. The fourth-order valence-electron chi connectivity index (χ4n) is 3.17. The van der Waals surface area contributed by atoms with Crippen molar-refractivity contribution >= 4 is 21.9 Å². The van der Waals surface area contributed by atoms with E-state index >= 15 is 0 Å². The molecule has 5 nitrogen and oxygen atoms in total. The number of hydrogen-bond acceptors (Lipinski definition) is 3. The second-order valence-corrected chi connectivity index (χ2v) is 6.59. The molecule has 0 atom stereocenters. The van der Waals surface area contributed by atoms with E-state index < -0.39 is 0 Å². The Balaban J connectivity index is 1.57. The summed E-state index contributed by atoms with van der Waals surface area (Å²) in [6, 6.07) is 16.0. The lowest BCUT2D eigenvalue weighted by Crippen LogP contribution is -2.23. The Kier molecular flexibility index (Phi) is 3.86. The van der Waals surface area contributed by atoms with Crippen LogP contribution < -0.4 is 5.56 Å². The highest BCUT2D eigenvalue weighted by Crippen LogP contribution is 2.15. The van der Waals surface area contributed by atoms with Crippen LogP contribution in [0.25, 0.3) is 21.9 Å². The Morgan fingerprint density at radius 3 is 2.68 bits per heavy atom. The fourth-order valence-corrected chi connectivity index (χ4v) is 3.17. The first kappa shape index (κ1) is 15.6. The third kappa shape index (κ3) is 3.19. The molecular weight excluding hydrogens is 312 g/mol. The number of aromatic amines is 2. The van der Waals surface area contributed by atoms with Crippen LogP contribution in [-0.2, 0) is 13.1 Å². The number of hydrogen-bond donors (Lipinski definition) is 2. The van der Waals surface area contributed by atoms with Crippen molar-refractivity contribution in [3.8, 4) is 0 Å². The fraction of sp³-hybridized carbons (Fsp3) is 0.200. The van der Waals surface area contributed by atoms with Crippen molar-refractivity contribution in [3.63, 3.8) is 0 Å². The Labute approximate surface area is 145 Å². The normalized spacial score (nSPS) is 11.6.